The molecule has 1 heterocycles. The number of piperidine rings is 1. The van der Waals surface area contributed by atoms with Crippen LogP contribution in [-0.2, 0) is 10.2 Å². The quantitative estimate of drug-likeness (QED) is 0.779. The summed E-state index contributed by atoms with van der Waals surface area (Å²) in [5.41, 5.74) is 0. The molecule has 0 aliphatic carbocycles. The van der Waals surface area contributed by atoms with E-state index in [1.807, 2.05) is 0 Å². The van der Waals surface area contributed by atoms with Gasteiger partial charge in [-0.15, -0.1) is 0 Å². The third-order valence-electron chi connectivity index (χ3n) is 3.35. The Morgan fingerprint density at radius 2 is 1.83 bits per heavy atom. The van der Waals surface area contributed by atoms with E-state index >= 15 is 0 Å². The third kappa shape index (κ3) is 4.50. The molecule has 1 saturated heterocycles. The predicted octanol–water partition coefficient (Wildman–Crippen LogP) is 0.750. The summed E-state index contributed by atoms with van der Waals surface area (Å²) < 4.78 is 26.7. The fourth-order valence-electron chi connectivity index (χ4n) is 2.15. The molecule has 1 rings (SSSR count). The molecule has 0 saturated carbocycles. The second-order valence-electron chi connectivity index (χ2n) is 5.68. The molecule has 1 fully saturated rings. The minimum absolute atomic E-state index is 0.609. The van der Waals surface area contributed by atoms with E-state index in [4.69, 9.17) is 0 Å². The van der Waals surface area contributed by atoms with Crippen LogP contribution in [-0.4, -0.2) is 57.3 Å². The third-order valence-corrected chi connectivity index (χ3v) is 5.29. The summed E-state index contributed by atoms with van der Waals surface area (Å²) in [6.07, 6.45) is 1.91. The molecule has 0 spiro atoms. The molecule has 0 unspecified atom stereocenters. The maximum Gasteiger partial charge on any atom is 0.281 e. The van der Waals surface area contributed by atoms with Crippen molar-refractivity contribution in [3.05, 3.63) is 0 Å². The van der Waals surface area contributed by atoms with E-state index in [0.29, 0.717) is 24.9 Å². The minimum Gasteiger partial charge on any atom is -0.316 e. The highest BCUT2D eigenvalue weighted by Gasteiger charge is 2.29. The van der Waals surface area contributed by atoms with Gasteiger partial charge in [0.2, 0.25) is 0 Å². The number of nitrogens with zero attached hydrogens (tertiary/aromatic N) is 2. The van der Waals surface area contributed by atoms with Crippen LogP contribution in [0.5, 0.6) is 0 Å². The topological polar surface area (TPSA) is 52.7 Å². The molecule has 108 valence electrons. The van der Waals surface area contributed by atoms with Crippen LogP contribution in [0, 0.1) is 11.8 Å². The van der Waals surface area contributed by atoms with E-state index in [-0.39, 0.29) is 0 Å². The van der Waals surface area contributed by atoms with E-state index in [9.17, 15) is 8.42 Å². The first kappa shape index (κ1) is 15.9. The van der Waals surface area contributed by atoms with Crippen molar-refractivity contribution < 1.29 is 8.42 Å². The van der Waals surface area contributed by atoms with Crippen molar-refractivity contribution in [2.45, 2.75) is 26.7 Å². The molecule has 0 aromatic rings. The van der Waals surface area contributed by atoms with Gasteiger partial charge in [0.25, 0.3) is 10.2 Å². The average Bonchev–Trinajstić information content (AvgIpc) is 2.29. The molecule has 1 N–H and O–H groups in total. The van der Waals surface area contributed by atoms with Crippen LogP contribution in [0.15, 0.2) is 0 Å². The normalized spacial score (nSPS) is 19.9. The summed E-state index contributed by atoms with van der Waals surface area (Å²) in [7, 11) is -0.0333. The van der Waals surface area contributed by atoms with Gasteiger partial charge in [-0.3, -0.25) is 0 Å². The molecular weight excluding hydrogens is 250 g/mol. The van der Waals surface area contributed by atoms with Crippen molar-refractivity contribution in [1.29, 1.82) is 0 Å². The lowest BCUT2D eigenvalue weighted by atomic mass is 9.98. The Balaban J connectivity index is 2.33. The average molecular weight is 277 g/mol. The van der Waals surface area contributed by atoms with Crippen LogP contribution in [0.1, 0.15) is 26.7 Å². The van der Waals surface area contributed by atoms with Gasteiger partial charge in [-0.05, 0) is 37.8 Å². The smallest absolute Gasteiger partial charge is 0.281 e. The molecule has 0 aromatic carbocycles. The lowest BCUT2D eigenvalue weighted by Crippen LogP contribution is -2.45. The molecule has 1 aliphatic rings. The van der Waals surface area contributed by atoms with Crippen LogP contribution in [0.3, 0.4) is 0 Å². The molecule has 1 aliphatic heterocycles. The van der Waals surface area contributed by atoms with E-state index < -0.39 is 10.2 Å². The number of rotatable bonds is 6. The monoisotopic (exact) mass is 277 g/mol. The maximum atomic E-state index is 11.9. The predicted molar refractivity (Wildman–Crippen MR) is 74.6 cm³/mol. The summed E-state index contributed by atoms with van der Waals surface area (Å²) in [6.45, 7) is 7.73. The van der Waals surface area contributed by atoms with Crippen LogP contribution >= 0.6 is 0 Å². The Kier molecular flexibility index (Phi) is 6.04. The molecular formula is C12H27N3O2S. The summed E-state index contributed by atoms with van der Waals surface area (Å²) in [5, 5.41) is 3.45. The zero-order valence-electron chi connectivity index (χ0n) is 12.0. The molecule has 6 heteroatoms. The van der Waals surface area contributed by atoms with Crippen LogP contribution in [0.25, 0.3) is 0 Å². The summed E-state index contributed by atoms with van der Waals surface area (Å²) in [6, 6.07) is 0. The van der Waals surface area contributed by atoms with Crippen molar-refractivity contribution in [3.63, 3.8) is 0 Å². The highest BCUT2D eigenvalue weighted by molar-refractivity contribution is 7.86. The van der Waals surface area contributed by atoms with E-state index in [1.165, 1.54) is 4.31 Å². The Morgan fingerprint density at radius 3 is 2.28 bits per heavy atom. The molecule has 0 amide bonds. The lowest BCUT2D eigenvalue weighted by molar-refractivity contribution is 0.256. The Bertz CT molecular complexity index is 333. The van der Waals surface area contributed by atoms with Gasteiger partial charge in [-0.25, -0.2) is 0 Å². The molecule has 18 heavy (non-hydrogen) atoms. The van der Waals surface area contributed by atoms with Crippen molar-refractivity contribution in [2.24, 2.45) is 11.8 Å². The first-order chi connectivity index (χ1) is 8.34. The Labute approximate surface area is 112 Å². The number of hydrogen-bond acceptors (Lipinski definition) is 3. The fraction of sp³-hybridized carbons (Fsp3) is 1.00. The van der Waals surface area contributed by atoms with Crippen molar-refractivity contribution in [2.75, 3.05) is 40.3 Å². The van der Waals surface area contributed by atoms with Gasteiger partial charge in [0.15, 0.2) is 0 Å². The van der Waals surface area contributed by atoms with Gasteiger partial charge in [0.1, 0.15) is 0 Å². The van der Waals surface area contributed by atoms with Crippen molar-refractivity contribution in [3.8, 4) is 0 Å². The van der Waals surface area contributed by atoms with E-state index in [2.05, 4.69) is 19.2 Å². The van der Waals surface area contributed by atoms with E-state index in [0.717, 1.165) is 25.9 Å². The van der Waals surface area contributed by atoms with Crippen LogP contribution in [0.4, 0.5) is 0 Å². The van der Waals surface area contributed by atoms with Crippen molar-refractivity contribution >= 4 is 10.2 Å². The van der Waals surface area contributed by atoms with Gasteiger partial charge >= 0.3 is 0 Å². The number of hydrogen-bond donors (Lipinski definition) is 1. The van der Waals surface area contributed by atoms with E-state index in [1.54, 1.807) is 18.4 Å². The standard InChI is InChI=1S/C12H27N3O2S/c1-11(2)9-13-10-12-5-7-15(8-6-12)18(16,17)14(3)4/h11-13H,5-10H2,1-4H3. The Hall–Kier alpha value is -0.170. The van der Waals surface area contributed by atoms with Gasteiger partial charge < -0.3 is 5.32 Å². The van der Waals surface area contributed by atoms with Gasteiger partial charge in [0, 0.05) is 27.2 Å². The molecule has 0 aromatic heterocycles. The summed E-state index contributed by atoms with van der Waals surface area (Å²) in [4.78, 5) is 0. The Morgan fingerprint density at radius 1 is 1.28 bits per heavy atom. The molecule has 5 nitrogen and oxygen atoms in total. The second kappa shape index (κ2) is 6.84. The van der Waals surface area contributed by atoms with Crippen LogP contribution in [0.2, 0.25) is 0 Å². The minimum atomic E-state index is -3.21. The zero-order valence-corrected chi connectivity index (χ0v) is 12.8. The van der Waals surface area contributed by atoms with Crippen LogP contribution < -0.4 is 5.32 Å². The summed E-state index contributed by atoms with van der Waals surface area (Å²) in [5.74, 6) is 1.27. The molecule has 0 bridgehead atoms. The first-order valence-corrected chi connectivity index (χ1v) is 8.12. The lowest BCUT2D eigenvalue weighted by Gasteiger charge is -2.32. The maximum absolute atomic E-state index is 11.9. The number of nitrogens with one attached hydrogen (secondary N) is 1. The van der Waals surface area contributed by atoms with Crippen molar-refractivity contribution in [1.82, 2.24) is 13.9 Å². The first-order valence-electron chi connectivity index (χ1n) is 6.72. The molecule has 0 radical (unpaired) electrons. The highest BCUT2D eigenvalue weighted by Crippen LogP contribution is 2.19. The molecule has 0 atom stereocenters. The van der Waals surface area contributed by atoms with Gasteiger partial charge in [0.05, 0.1) is 0 Å². The SMILES string of the molecule is CC(C)CNCC1CCN(S(=O)(=O)N(C)C)CC1. The largest absolute Gasteiger partial charge is 0.316 e. The second-order valence-corrected chi connectivity index (χ2v) is 7.83. The van der Waals surface area contributed by atoms with Gasteiger partial charge in [-0.2, -0.15) is 17.0 Å². The highest BCUT2D eigenvalue weighted by atomic mass is 32.2. The fourth-order valence-corrected chi connectivity index (χ4v) is 3.29. The van der Waals surface area contributed by atoms with Gasteiger partial charge in [-0.1, -0.05) is 13.8 Å². The zero-order chi connectivity index (χ0) is 13.8. The summed E-state index contributed by atoms with van der Waals surface area (Å²) >= 11 is 0.